The van der Waals surface area contributed by atoms with Crippen LogP contribution in [0.4, 0.5) is 0 Å². The molecule has 0 spiro atoms. The molecule has 0 saturated carbocycles. The molecule has 0 nitrogen and oxygen atoms in total. The largest absolute Gasteiger partial charge is 0.106 e. The Morgan fingerprint density at radius 2 is 0.327 bits per heavy atom. The van der Waals surface area contributed by atoms with E-state index in [1.165, 1.54) is 154 Å². The average molecular weight is 733 g/mol. The Morgan fingerprint density at radius 3 is 0.442 bits per heavy atom. The second kappa shape index (κ2) is 49.7. The third-order valence-corrected chi connectivity index (χ3v) is 7.41. The van der Waals surface area contributed by atoms with Gasteiger partial charge in [-0.3, -0.25) is 0 Å². The van der Waals surface area contributed by atoms with Crippen LogP contribution < -0.4 is 0 Å². The molecule has 52 heavy (non-hydrogen) atoms. The number of rotatable bonds is 23. The fourth-order valence-corrected chi connectivity index (χ4v) is 4.73. The minimum Gasteiger partial charge on any atom is -0.106 e. The molecule has 316 valence electrons. The molecule has 0 heteroatoms. The van der Waals surface area contributed by atoms with Crippen molar-refractivity contribution in [3.05, 3.63) is 0 Å². The van der Waals surface area contributed by atoms with Crippen molar-refractivity contribution in [3.8, 4) is 155 Å². The maximum atomic E-state index is 4.91. The maximum Gasteiger partial charge on any atom is 0 e. The standard InChI is InChI=1S/C26H54.C26H2.26H2/c2*1-3-5-7-9-11-13-15-17-19-21-23-25-26-24-22-20-18-16-14-12-10-8-6-4-2;;;;;;;;;;;;;;;;;;;;;;;;;;/h3-26H2,1-2H3;1-2H;26*1H. The molecule has 0 aromatic heterocycles. The van der Waals surface area contributed by atoms with Gasteiger partial charge in [0.2, 0.25) is 0 Å². The lowest BCUT2D eigenvalue weighted by Gasteiger charge is -2.04. The summed E-state index contributed by atoms with van der Waals surface area (Å²) in [7, 11) is 0. The van der Waals surface area contributed by atoms with Gasteiger partial charge in [0, 0.05) is 84.5 Å². The summed E-state index contributed by atoms with van der Waals surface area (Å²) in [6.45, 7) is 4.61. The van der Waals surface area contributed by atoms with E-state index in [1.54, 1.807) is 0 Å². The van der Waals surface area contributed by atoms with Crippen molar-refractivity contribution >= 4 is 0 Å². The molecular weight excluding hydrogens is 625 g/mol. The minimum absolute atomic E-state index is 0. The van der Waals surface area contributed by atoms with Crippen molar-refractivity contribution in [1.29, 1.82) is 0 Å². The summed E-state index contributed by atoms with van der Waals surface area (Å²) >= 11 is 0. The second-order valence-corrected chi connectivity index (χ2v) is 11.8. The molecule has 0 atom stereocenters. The monoisotopic (exact) mass is 733 g/mol. The van der Waals surface area contributed by atoms with E-state index in [1.807, 2.05) is 0 Å². The molecule has 0 aliphatic rings. The van der Waals surface area contributed by atoms with E-state index in [2.05, 4.69) is 156 Å². The van der Waals surface area contributed by atoms with Gasteiger partial charge in [0.15, 0.2) is 0 Å². The Labute approximate surface area is 360 Å². The van der Waals surface area contributed by atoms with Crippen molar-refractivity contribution in [2.24, 2.45) is 0 Å². The molecule has 0 saturated heterocycles. The minimum atomic E-state index is 0. The van der Waals surface area contributed by atoms with Crippen LogP contribution in [-0.2, 0) is 0 Å². The van der Waals surface area contributed by atoms with Gasteiger partial charge in [0.25, 0.3) is 0 Å². The molecule has 0 radical (unpaired) electrons. The highest BCUT2D eigenvalue weighted by atomic mass is 14.0. The smallest absolute Gasteiger partial charge is 0 e. The van der Waals surface area contributed by atoms with Gasteiger partial charge in [0.1, 0.15) is 0 Å². The predicted octanol–water partition coefficient (Wildman–Crippen LogP) is 17.1. The Balaban J connectivity index is -0.0000000185. The molecule has 0 heterocycles. The quantitative estimate of drug-likeness (QED) is 0.0725. The summed E-state index contributed by atoms with van der Waals surface area (Å²) in [5.41, 5.74) is 0. The van der Waals surface area contributed by atoms with Crippen LogP contribution in [0.3, 0.4) is 0 Å². The topological polar surface area (TPSA) is 0 Å². The zero-order valence-electron chi connectivity index (χ0n) is 32.1. The van der Waals surface area contributed by atoms with Gasteiger partial charge in [-0.05, 0) is 94.7 Å². The van der Waals surface area contributed by atoms with Crippen molar-refractivity contribution in [1.82, 2.24) is 0 Å². The second-order valence-electron chi connectivity index (χ2n) is 11.8. The SMILES string of the molecule is C#CC#CC#CC#CC#CC#CC#CC#CC#CC#CC#CC#CC#C.CCCCCCCCCCCCCCCCCCCCCCCCCC.[HH].[HH].[HH].[HH].[HH].[HH].[HH].[HH].[HH].[HH].[HH].[HH].[HH].[HH].[HH].[HH].[HH].[HH].[HH].[HH].[HH].[HH].[HH].[HH].[HH].[HH]. The molecule has 0 amide bonds. The zero-order chi connectivity index (χ0) is 37.9. The molecular formula is C52H108. The molecule has 0 unspecified atom stereocenters. The highest BCUT2D eigenvalue weighted by Gasteiger charge is 1.95. The lowest BCUT2D eigenvalue weighted by atomic mass is 10.0. The van der Waals surface area contributed by atoms with Crippen molar-refractivity contribution < 1.29 is 37.1 Å². The Morgan fingerprint density at radius 1 is 0.212 bits per heavy atom. The Kier molecular flexibility index (Phi) is 46.2. The van der Waals surface area contributed by atoms with Gasteiger partial charge in [0.05, 0.1) is 0 Å². The molecule has 0 rings (SSSR count). The van der Waals surface area contributed by atoms with Crippen LogP contribution in [0, 0.1) is 155 Å². The summed E-state index contributed by atoms with van der Waals surface area (Å²) in [6.07, 6.45) is 45.2. The third-order valence-electron chi connectivity index (χ3n) is 7.41. The lowest BCUT2D eigenvalue weighted by Crippen LogP contribution is -1.84. The highest BCUT2D eigenvalue weighted by Crippen LogP contribution is 2.15. The normalized spacial score (nSPS) is 7.54. The Hall–Kier alpha value is -5.72. The van der Waals surface area contributed by atoms with Crippen LogP contribution in [0.2, 0.25) is 0 Å². The first kappa shape index (κ1) is 48.4. The molecule has 0 aromatic rings. The van der Waals surface area contributed by atoms with Crippen LogP contribution in [0.15, 0.2) is 0 Å². The van der Waals surface area contributed by atoms with Crippen molar-refractivity contribution in [2.45, 2.75) is 168 Å². The van der Waals surface area contributed by atoms with E-state index < -0.39 is 0 Å². The maximum absolute atomic E-state index is 4.91. The first-order valence-corrected chi connectivity index (χ1v) is 19.2. The summed E-state index contributed by atoms with van der Waals surface area (Å²) in [6, 6.07) is 0. The van der Waals surface area contributed by atoms with E-state index in [9.17, 15) is 0 Å². The van der Waals surface area contributed by atoms with Gasteiger partial charge < -0.3 is 0 Å². The third kappa shape index (κ3) is 51.1. The fourth-order valence-electron chi connectivity index (χ4n) is 4.73. The molecule has 0 aliphatic carbocycles. The van der Waals surface area contributed by atoms with Crippen LogP contribution in [0.5, 0.6) is 0 Å². The summed E-state index contributed by atoms with van der Waals surface area (Å²) in [4.78, 5) is 0. The van der Waals surface area contributed by atoms with Gasteiger partial charge in [-0.25, -0.2) is 0 Å². The van der Waals surface area contributed by atoms with Gasteiger partial charge >= 0.3 is 0 Å². The van der Waals surface area contributed by atoms with Crippen LogP contribution in [0.1, 0.15) is 205 Å². The molecule has 0 N–H and O–H groups in total. The molecule has 0 aliphatic heterocycles. The molecule has 0 bridgehead atoms. The van der Waals surface area contributed by atoms with E-state index >= 15 is 0 Å². The zero-order valence-corrected chi connectivity index (χ0v) is 32.1. The van der Waals surface area contributed by atoms with Crippen molar-refractivity contribution in [3.63, 3.8) is 0 Å². The van der Waals surface area contributed by atoms with Gasteiger partial charge in [-0.15, -0.1) is 12.8 Å². The summed E-state index contributed by atoms with van der Waals surface area (Å²) in [5, 5.41) is 0. The van der Waals surface area contributed by atoms with E-state index in [0.29, 0.717) is 0 Å². The fraction of sp³-hybridized carbons (Fsp3) is 0.500. The van der Waals surface area contributed by atoms with Crippen LogP contribution >= 0.6 is 0 Å². The van der Waals surface area contributed by atoms with Crippen LogP contribution in [-0.4, -0.2) is 0 Å². The summed E-state index contributed by atoms with van der Waals surface area (Å²) in [5.74, 6) is 58.2. The van der Waals surface area contributed by atoms with Gasteiger partial charge in [-0.1, -0.05) is 168 Å². The van der Waals surface area contributed by atoms with Crippen LogP contribution in [0.25, 0.3) is 0 Å². The number of hydrogen-bond donors (Lipinski definition) is 0. The lowest BCUT2D eigenvalue weighted by molar-refractivity contribution is 0.518. The molecule has 0 aromatic carbocycles. The summed E-state index contributed by atoms with van der Waals surface area (Å²) < 4.78 is 0. The van der Waals surface area contributed by atoms with E-state index in [0.717, 1.165) is 0 Å². The first-order valence-electron chi connectivity index (χ1n) is 19.2. The predicted molar refractivity (Wildman–Crippen MR) is 280 cm³/mol. The highest BCUT2D eigenvalue weighted by molar-refractivity contribution is 5.48. The van der Waals surface area contributed by atoms with Crippen molar-refractivity contribution in [2.75, 3.05) is 0 Å². The van der Waals surface area contributed by atoms with E-state index in [-0.39, 0.29) is 37.1 Å². The van der Waals surface area contributed by atoms with E-state index in [4.69, 9.17) is 12.8 Å². The van der Waals surface area contributed by atoms with Gasteiger partial charge in [-0.2, -0.15) is 0 Å². The Bertz CT molecular complexity index is 1670. The number of hydrogen-bond acceptors (Lipinski definition) is 0. The number of unbranched alkanes of at least 4 members (excludes halogenated alkanes) is 23. The average Bonchev–Trinajstić information content (AvgIpc) is 3.16. The number of terminal acetylenes is 2. The first-order chi connectivity index (χ1) is 25.8. The molecule has 0 fully saturated rings.